The lowest BCUT2D eigenvalue weighted by Crippen LogP contribution is -2.44. The summed E-state index contributed by atoms with van der Waals surface area (Å²) in [6.45, 7) is 4.95. The van der Waals surface area contributed by atoms with Crippen molar-refractivity contribution in [3.63, 3.8) is 0 Å². The standard InChI is InChI=1S/C17H22FN5O/c1-12-11-23(17-14(18)7-5-8-19-17)21-16(12)20-10-15(24)22-9-4-3-6-13(22)2/h5,7-8,11,13H,3-4,6,9-10H2,1-2H3,(H,20,21). The number of aromatic nitrogens is 3. The van der Waals surface area contributed by atoms with Gasteiger partial charge in [0.1, 0.15) is 0 Å². The molecule has 1 fully saturated rings. The molecule has 1 aliphatic rings. The lowest BCUT2D eigenvalue weighted by Gasteiger charge is -2.33. The molecule has 0 aliphatic carbocycles. The van der Waals surface area contributed by atoms with Crippen LogP contribution in [0, 0.1) is 12.7 Å². The first-order chi connectivity index (χ1) is 11.6. The quantitative estimate of drug-likeness (QED) is 0.935. The Morgan fingerprint density at radius 1 is 1.46 bits per heavy atom. The molecule has 0 saturated carbocycles. The number of anilines is 1. The summed E-state index contributed by atoms with van der Waals surface area (Å²) in [5.41, 5.74) is 0.833. The molecule has 7 heteroatoms. The number of amides is 1. The monoisotopic (exact) mass is 331 g/mol. The van der Waals surface area contributed by atoms with Gasteiger partial charge in [-0.25, -0.2) is 14.1 Å². The second-order valence-electron chi connectivity index (χ2n) is 6.20. The Labute approximate surface area is 140 Å². The first-order valence-corrected chi connectivity index (χ1v) is 8.27. The number of rotatable bonds is 4. The molecule has 128 valence electrons. The van der Waals surface area contributed by atoms with Crippen LogP contribution in [0.15, 0.2) is 24.5 Å². The number of hydrogen-bond donors (Lipinski definition) is 1. The van der Waals surface area contributed by atoms with Crippen molar-refractivity contribution >= 4 is 11.7 Å². The molecule has 2 aromatic rings. The van der Waals surface area contributed by atoms with Gasteiger partial charge < -0.3 is 10.2 Å². The van der Waals surface area contributed by atoms with Crippen molar-refractivity contribution in [1.82, 2.24) is 19.7 Å². The van der Waals surface area contributed by atoms with Gasteiger partial charge in [-0.1, -0.05) is 0 Å². The zero-order valence-corrected chi connectivity index (χ0v) is 14.0. The minimum absolute atomic E-state index is 0.0696. The van der Waals surface area contributed by atoms with Crippen molar-refractivity contribution in [3.8, 4) is 5.82 Å². The zero-order chi connectivity index (χ0) is 17.1. The van der Waals surface area contributed by atoms with Crippen LogP contribution in [-0.2, 0) is 4.79 Å². The lowest BCUT2D eigenvalue weighted by molar-refractivity contribution is -0.132. The number of likely N-dealkylation sites (tertiary alicyclic amines) is 1. The summed E-state index contributed by atoms with van der Waals surface area (Å²) in [5, 5.41) is 7.38. The van der Waals surface area contributed by atoms with Crippen molar-refractivity contribution in [2.75, 3.05) is 18.4 Å². The molecule has 24 heavy (non-hydrogen) atoms. The second-order valence-corrected chi connectivity index (χ2v) is 6.20. The van der Waals surface area contributed by atoms with Crippen LogP contribution in [0.3, 0.4) is 0 Å². The summed E-state index contributed by atoms with van der Waals surface area (Å²) in [7, 11) is 0. The number of carbonyl (C=O) groups is 1. The van der Waals surface area contributed by atoms with Crippen LogP contribution in [0.25, 0.3) is 5.82 Å². The summed E-state index contributed by atoms with van der Waals surface area (Å²) in [4.78, 5) is 18.3. The number of hydrogen-bond acceptors (Lipinski definition) is 4. The second kappa shape index (κ2) is 6.98. The highest BCUT2D eigenvalue weighted by Crippen LogP contribution is 2.18. The van der Waals surface area contributed by atoms with Crippen LogP contribution in [0.2, 0.25) is 0 Å². The molecule has 1 saturated heterocycles. The van der Waals surface area contributed by atoms with Crippen molar-refractivity contribution < 1.29 is 9.18 Å². The van der Waals surface area contributed by atoms with Crippen molar-refractivity contribution in [2.45, 2.75) is 39.2 Å². The van der Waals surface area contributed by atoms with Gasteiger partial charge in [0.15, 0.2) is 17.5 Å². The Bertz CT molecular complexity index is 730. The van der Waals surface area contributed by atoms with Crippen LogP contribution in [0.1, 0.15) is 31.7 Å². The number of piperidine rings is 1. The maximum absolute atomic E-state index is 13.8. The highest BCUT2D eigenvalue weighted by Gasteiger charge is 2.23. The topological polar surface area (TPSA) is 63.1 Å². The Hall–Kier alpha value is -2.44. The van der Waals surface area contributed by atoms with Gasteiger partial charge >= 0.3 is 0 Å². The average Bonchev–Trinajstić information content (AvgIpc) is 2.94. The van der Waals surface area contributed by atoms with Crippen LogP contribution in [-0.4, -0.2) is 44.7 Å². The van der Waals surface area contributed by atoms with Gasteiger partial charge in [-0.3, -0.25) is 4.79 Å². The fourth-order valence-electron chi connectivity index (χ4n) is 3.02. The average molecular weight is 331 g/mol. The highest BCUT2D eigenvalue weighted by atomic mass is 19.1. The Balaban J connectivity index is 1.68. The van der Waals surface area contributed by atoms with E-state index in [1.165, 1.54) is 29.4 Å². The molecule has 6 nitrogen and oxygen atoms in total. The molecule has 0 spiro atoms. The fraction of sp³-hybridized carbons (Fsp3) is 0.471. The van der Waals surface area contributed by atoms with E-state index in [1.54, 1.807) is 6.20 Å². The maximum Gasteiger partial charge on any atom is 0.242 e. The Morgan fingerprint density at radius 3 is 3.04 bits per heavy atom. The number of nitrogens with zero attached hydrogens (tertiary/aromatic N) is 4. The van der Waals surface area contributed by atoms with Gasteiger partial charge in [-0.05, 0) is 45.2 Å². The van der Waals surface area contributed by atoms with Crippen LogP contribution in [0.4, 0.5) is 10.2 Å². The van der Waals surface area contributed by atoms with E-state index in [-0.39, 0.29) is 24.3 Å². The van der Waals surface area contributed by atoms with Gasteiger partial charge in [0.05, 0.1) is 6.54 Å². The van der Waals surface area contributed by atoms with Gasteiger partial charge in [0, 0.05) is 30.5 Å². The third-order valence-electron chi connectivity index (χ3n) is 4.38. The van der Waals surface area contributed by atoms with E-state index in [9.17, 15) is 9.18 Å². The minimum atomic E-state index is -0.440. The molecule has 1 atom stereocenters. The predicted octanol–water partition coefficient (Wildman–Crippen LogP) is 2.53. The highest BCUT2D eigenvalue weighted by molar-refractivity contribution is 5.81. The van der Waals surface area contributed by atoms with Crippen molar-refractivity contribution in [1.29, 1.82) is 0 Å². The van der Waals surface area contributed by atoms with Gasteiger partial charge in [-0.2, -0.15) is 0 Å². The minimum Gasteiger partial charge on any atom is -0.359 e. The molecule has 1 aliphatic heterocycles. The first kappa shape index (κ1) is 16.4. The Morgan fingerprint density at radius 2 is 2.29 bits per heavy atom. The lowest BCUT2D eigenvalue weighted by atomic mass is 10.0. The molecule has 0 radical (unpaired) electrons. The van der Waals surface area contributed by atoms with Gasteiger partial charge in [-0.15, -0.1) is 5.10 Å². The molecule has 0 aromatic carbocycles. The summed E-state index contributed by atoms with van der Waals surface area (Å²) in [6.07, 6.45) is 6.50. The molecule has 1 N–H and O–H groups in total. The van der Waals surface area contributed by atoms with E-state index in [4.69, 9.17) is 0 Å². The summed E-state index contributed by atoms with van der Waals surface area (Å²) in [5.74, 6) is 0.340. The van der Waals surface area contributed by atoms with E-state index in [0.717, 1.165) is 24.9 Å². The third-order valence-corrected chi connectivity index (χ3v) is 4.38. The zero-order valence-electron chi connectivity index (χ0n) is 14.0. The van der Waals surface area contributed by atoms with Gasteiger partial charge in [0.25, 0.3) is 0 Å². The molecule has 3 rings (SSSR count). The van der Waals surface area contributed by atoms with E-state index < -0.39 is 5.82 Å². The Kier molecular flexibility index (Phi) is 4.78. The number of halogens is 1. The van der Waals surface area contributed by atoms with Gasteiger partial charge in [0.2, 0.25) is 5.91 Å². The molecular weight excluding hydrogens is 309 g/mol. The smallest absolute Gasteiger partial charge is 0.242 e. The fourth-order valence-corrected chi connectivity index (χ4v) is 3.02. The van der Waals surface area contributed by atoms with E-state index in [2.05, 4.69) is 22.3 Å². The molecule has 3 heterocycles. The summed E-state index contributed by atoms with van der Waals surface area (Å²) in [6, 6.07) is 3.16. The largest absolute Gasteiger partial charge is 0.359 e. The number of aryl methyl sites for hydroxylation is 1. The normalized spacial score (nSPS) is 17.8. The van der Waals surface area contributed by atoms with Crippen molar-refractivity contribution in [2.24, 2.45) is 0 Å². The molecule has 0 bridgehead atoms. The number of carbonyl (C=O) groups excluding carboxylic acids is 1. The molecule has 2 aromatic heterocycles. The first-order valence-electron chi connectivity index (χ1n) is 8.27. The SMILES string of the molecule is Cc1cn(-c2ncccc2F)nc1NCC(=O)N1CCCCC1C. The van der Waals surface area contributed by atoms with E-state index in [0.29, 0.717) is 5.82 Å². The maximum atomic E-state index is 13.8. The summed E-state index contributed by atoms with van der Waals surface area (Å²) >= 11 is 0. The number of nitrogens with one attached hydrogen (secondary N) is 1. The van der Waals surface area contributed by atoms with E-state index in [1.807, 2.05) is 11.8 Å². The van der Waals surface area contributed by atoms with Crippen molar-refractivity contribution in [3.05, 3.63) is 35.9 Å². The molecule has 1 amide bonds. The summed E-state index contributed by atoms with van der Waals surface area (Å²) < 4.78 is 15.2. The van der Waals surface area contributed by atoms with Crippen LogP contribution >= 0.6 is 0 Å². The number of pyridine rings is 1. The molecule has 1 unspecified atom stereocenters. The van der Waals surface area contributed by atoms with Crippen LogP contribution < -0.4 is 5.32 Å². The molecular formula is C17H22FN5O. The van der Waals surface area contributed by atoms with Crippen LogP contribution in [0.5, 0.6) is 0 Å². The third kappa shape index (κ3) is 3.39. The predicted molar refractivity (Wildman–Crippen MR) is 89.6 cm³/mol. The van der Waals surface area contributed by atoms with E-state index >= 15 is 0 Å².